The van der Waals surface area contributed by atoms with E-state index >= 15 is 0 Å². The molecule has 0 amide bonds. The average molecular weight is 309 g/mol. The van der Waals surface area contributed by atoms with E-state index in [1.54, 1.807) is 6.92 Å². The molecule has 114 valence electrons. The summed E-state index contributed by atoms with van der Waals surface area (Å²) < 4.78 is 31.6. The zero-order chi connectivity index (χ0) is 15.6. The molecule has 1 aromatic carbocycles. The van der Waals surface area contributed by atoms with Crippen LogP contribution in [0, 0.1) is 13.8 Å². The molecule has 0 aliphatic rings. The first-order valence-electron chi connectivity index (χ1n) is 6.56. The van der Waals surface area contributed by atoms with E-state index < -0.39 is 10.0 Å². The van der Waals surface area contributed by atoms with Crippen molar-refractivity contribution in [2.45, 2.75) is 31.9 Å². The van der Waals surface area contributed by atoms with Crippen LogP contribution in [0.15, 0.2) is 39.6 Å². The second-order valence-corrected chi connectivity index (χ2v) is 7.05. The first-order chi connectivity index (χ1) is 9.84. The molecule has 0 atom stereocenters. The molecule has 21 heavy (non-hydrogen) atoms. The second kappa shape index (κ2) is 6.01. The van der Waals surface area contributed by atoms with Crippen LogP contribution in [0.4, 0.5) is 0 Å². The molecular weight excluding hydrogens is 290 g/mol. The molecule has 1 aromatic heterocycles. The lowest BCUT2D eigenvalue weighted by Gasteiger charge is -2.16. The topological polar surface area (TPSA) is 70.8 Å². The summed E-state index contributed by atoms with van der Waals surface area (Å²) in [4.78, 5) is 0.0983. The van der Waals surface area contributed by atoms with Crippen molar-refractivity contribution in [1.82, 2.24) is 4.31 Å². The number of hydrogen-bond acceptors (Lipinski definition) is 4. The lowest BCUT2D eigenvalue weighted by Crippen LogP contribution is -2.26. The van der Waals surface area contributed by atoms with Crippen molar-refractivity contribution >= 4 is 10.0 Å². The van der Waals surface area contributed by atoms with Crippen LogP contribution in [0.3, 0.4) is 0 Å². The number of sulfonamides is 1. The summed E-state index contributed by atoms with van der Waals surface area (Å²) in [6.07, 6.45) is 0. The number of hydrogen-bond donors (Lipinski definition) is 1. The van der Waals surface area contributed by atoms with Crippen LogP contribution in [0.25, 0.3) is 0 Å². The van der Waals surface area contributed by atoms with Crippen molar-refractivity contribution in [3.05, 3.63) is 53.0 Å². The highest BCUT2D eigenvalue weighted by Gasteiger charge is 2.26. The maximum atomic E-state index is 12.5. The molecule has 5 nitrogen and oxygen atoms in total. The van der Waals surface area contributed by atoms with Gasteiger partial charge in [0.1, 0.15) is 23.0 Å². The monoisotopic (exact) mass is 309 g/mol. The van der Waals surface area contributed by atoms with Crippen molar-refractivity contribution < 1.29 is 17.9 Å². The quantitative estimate of drug-likeness (QED) is 0.919. The van der Waals surface area contributed by atoms with Gasteiger partial charge >= 0.3 is 0 Å². The molecule has 0 fully saturated rings. The molecule has 6 heteroatoms. The number of benzene rings is 1. The number of aryl methyl sites for hydroxylation is 2. The van der Waals surface area contributed by atoms with Crippen LogP contribution in [-0.2, 0) is 23.2 Å². The number of furan rings is 1. The molecule has 0 radical (unpaired) electrons. The van der Waals surface area contributed by atoms with Gasteiger partial charge in [-0.15, -0.1) is 0 Å². The Morgan fingerprint density at radius 2 is 1.81 bits per heavy atom. The van der Waals surface area contributed by atoms with E-state index in [4.69, 9.17) is 9.52 Å². The van der Waals surface area contributed by atoms with Crippen LogP contribution < -0.4 is 0 Å². The summed E-state index contributed by atoms with van der Waals surface area (Å²) >= 11 is 0. The second-order valence-electron chi connectivity index (χ2n) is 5.04. The summed E-state index contributed by atoms with van der Waals surface area (Å²) in [7, 11) is -2.11. The maximum absolute atomic E-state index is 12.5. The van der Waals surface area contributed by atoms with Gasteiger partial charge in [-0.1, -0.05) is 29.8 Å². The van der Waals surface area contributed by atoms with Gasteiger partial charge in [0.15, 0.2) is 0 Å². The Kier molecular flexibility index (Phi) is 4.51. The minimum absolute atomic E-state index is 0.0983. The fourth-order valence-electron chi connectivity index (χ4n) is 2.06. The van der Waals surface area contributed by atoms with E-state index in [-0.39, 0.29) is 29.6 Å². The van der Waals surface area contributed by atoms with Crippen molar-refractivity contribution in [1.29, 1.82) is 0 Å². The Labute approximate surface area is 124 Å². The van der Waals surface area contributed by atoms with E-state index in [0.29, 0.717) is 0 Å². The molecule has 2 rings (SSSR count). The summed E-state index contributed by atoms with van der Waals surface area (Å²) in [5, 5.41) is 9.04. The third-order valence-electron chi connectivity index (χ3n) is 3.29. The van der Waals surface area contributed by atoms with Gasteiger partial charge in [0.05, 0.1) is 0 Å². The van der Waals surface area contributed by atoms with Crippen molar-refractivity contribution in [2.75, 3.05) is 7.05 Å². The molecular formula is C15H19NO4S. The number of rotatable bonds is 5. The molecule has 1 heterocycles. The van der Waals surface area contributed by atoms with Crippen molar-refractivity contribution in [3.8, 4) is 0 Å². The fraction of sp³-hybridized carbons (Fsp3) is 0.333. The maximum Gasteiger partial charge on any atom is 0.246 e. The van der Waals surface area contributed by atoms with Crippen LogP contribution in [0.2, 0.25) is 0 Å². The van der Waals surface area contributed by atoms with Crippen molar-refractivity contribution in [3.63, 3.8) is 0 Å². The molecule has 0 aliphatic heterocycles. The molecule has 0 saturated carbocycles. The Balaban J connectivity index is 2.25. The molecule has 0 saturated heterocycles. The highest BCUT2D eigenvalue weighted by atomic mass is 32.2. The SMILES string of the molecule is Cc1ccc(CN(C)S(=O)(=O)c2cc(CO)oc2C)cc1. The Hall–Kier alpha value is -1.63. The highest BCUT2D eigenvalue weighted by molar-refractivity contribution is 7.89. The first kappa shape index (κ1) is 15.8. The Morgan fingerprint density at radius 3 is 2.33 bits per heavy atom. The summed E-state index contributed by atoms with van der Waals surface area (Å²) in [6, 6.07) is 9.08. The predicted octanol–water partition coefficient (Wildman–Crippen LogP) is 2.21. The van der Waals surface area contributed by atoms with Crippen molar-refractivity contribution in [2.24, 2.45) is 0 Å². The van der Waals surface area contributed by atoms with Gasteiger partial charge in [-0.05, 0) is 19.4 Å². The summed E-state index contributed by atoms with van der Waals surface area (Å²) in [5.74, 6) is 0.532. The Bertz CT molecular complexity index is 717. The van der Waals surface area contributed by atoms with Crippen LogP contribution >= 0.6 is 0 Å². The number of aliphatic hydroxyl groups is 1. The van der Waals surface area contributed by atoms with E-state index in [1.807, 2.05) is 31.2 Å². The minimum Gasteiger partial charge on any atom is -0.462 e. The van der Waals surface area contributed by atoms with Gasteiger partial charge in [0.25, 0.3) is 0 Å². The van der Waals surface area contributed by atoms with E-state index in [2.05, 4.69) is 0 Å². The molecule has 0 bridgehead atoms. The van der Waals surface area contributed by atoms with E-state index in [9.17, 15) is 8.42 Å². The number of aliphatic hydroxyl groups excluding tert-OH is 1. The highest BCUT2D eigenvalue weighted by Crippen LogP contribution is 2.24. The van der Waals surface area contributed by atoms with Gasteiger partial charge in [-0.2, -0.15) is 4.31 Å². The lowest BCUT2D eigenvalue weighted by atomic mass is 10.1. The molecule has 2 aromatic rings. The third kappa shape index (κ3) is 3.34. The van der Waals surface area contributed by atoms with E-state index in [1.165, 1.54) is 17.4 Å². The standard InChI is InChI=1S/C15H19NO4S/c1-11-4-6-13(7-5-11)9-16(3)21(18,19)15-8-14(10-17)20-12(15)2/h4-8,17H,9-10H2,1-3H3. The van der Waals surface area contributed by atoms with Crippen LogP contribution in [0.5, 0.6) is 0 Å². The van der Waals surface area contributed by atoms with E-state index in [0.717, 1.165) is 11.1 Å². The molecule has 0 unspecified atom stereocenters. The third-order valence-corrected chi connectivity index (χ3v) is 5.20. The Morgan fingerprint density at radius 1 is 1.19 bits per heavy atom. The van der Waals surface area contributed by atoms with Gasteiger partial charge in [-0.3, -0.25) is 0 Å². The smallest absolute Gasteiger partial charge is 0.246 e. The van der Waals surface area contributed by atoms with Gasteiger partial charge in [-0.25, -0.2) is 8.42 Å². The minimum atomic E-state index is -3.64. The summed E-state index contributed by atoms with van der Waals surface area (Å²) in [5.41, 5.74) is 2.04. The van der Waals surface area contributed by atoms with Gasteiger partial charge in [0.2, 0.25) is 10.0 Å². The van der Waals surface area contributed by atoms with Gasteiger partial charge < -0.3 is 9.52 Å². The molecule has 0 aliphatic carbocycles. The number of nitrogens with zero attached hydrogens (tertiary/aromatic N) is 1. The van der Waals surface area contributed by atoms with Crippen LogP contribution in [-0.4, -0.2) is 24.9 Å². The first-order valence-corrected chi connectivity index (χ1v) is 8.00. The molecule has 0 spiro atoms. The normalized spacial score (nSPS) is 12.0. The zero-order valence-corrected chi connectivity index (χ0v) is 13.1. The largest absolute Gasteiger partial charge is 0.462 e. The predicted molar refractivity (Wildman–Crippen MR) is 79.2 cm³/mol. The fourth-order valence-corrected chi connectivity index (χ4v) is 3.40. The zero-order valence-electron chi connectivity index (χ0n) is 12.3. The van der Waals surface area contributed by atoms with Crippen LogP contribution in [0.1, 0.15) is 22.6 Å². The summed E-state index contributed by atoms with van der Waals surface area (Å²) in [6.45, 7) is 3.51. The van der Waals surface area contributed by atoms with Gasteiger partial charge in [0, 0.05) is 19.7 Å². The lowest BCUT2D eigenvalue weighted by molar-refractivity contribution is 0.244. The average Bonchev–Trinajstić information content (AvgIpc) is 2.83. The molecule has 1 N–H and O–H groups in total.